The Balaban J connectivity index is 2.80. The maximum Gasteiger partial charge on any atom is 0.390 e. The van der Waals surface area contributed by atoms with E-state index in [0.717, 1.165) is 12.3 Å². The first-order chi connectivity index (χ1) is 8.20. The van der Waals surface area contributed by atoms with Crippen LogP contribution in [0.1, 0.15) is 6.42 Å². The van der Waals surface area contributed by atoms with Crippen molar-refractivity contribution in [2.24, 2.45) is 0 Å². The van der Waals surface area contributed by atoms with Crippen LogP contribution in [0.4, 0.5) is 24.7 Å². The lowest BCUT2D eigenvalue weighted by Crippen LogP contribution is -2.25. The zero-order chi connectivity index (χ0) is 13.9. The van der Waals surface area contributed by atoms with Gasteiger partial charge >= 0.3 is 6.18 Å². The molecule has 0 saturated heterocycles. The minimum Gasteiger partial charge on any atom is -0.358 e. The van der Waals surface area contributed by atoms with Gasteiger partial charge in [-0.2, -0.15) is 13.2 Å². The molecule has 0 aliphatic carbocycles. The Kier molecular flexibility index (Phi) is 4.33. The second-order valence-corrected chi connectivity index (χ2v) is 3.95. The standard InChI is InChI=1S/C9H9ClF3N3O2/c1-15(3-2-9(11,12)13)8-7(10)4-6(5-14-8)16(17)18/h4-5H,2-3H2,1H3. The number of nitrogens with zero attached hydrogens (tertiary/aromatic N) is 3. The molecule has 18 heavy (non-hydrogen) atoms. The predicted octanol–water partition coefficient (Wildman–Crippen LogP) is 3.03. The smallest absolute Gasteiger partial charge is 0.358 e. The van der Waals surface area contributed by atoms with Crippen molar-refractivity contribution in [2.75, 3.05) is 18.5 Å². The van der Waals surface area contributed by atoms with Gasteiger partial charge in [0.25, 0.3) is 5.69 Å². The summed E-state index contributed by atoms with van der Waals surface area (Å²) in [6.07, 6.45) is -4.34. The largest absolute Gasteiger partial charge is 0.390 e. The maximum atomic E-state index is 12.0. The van der Waals surface area contributed by atoms with Gasteiger partial charge in [-0.1, -0.05) is 11.6 Å². The average Bonchev–Trinajstić information content (AvgIpc) is 2.24. The highest BCUT2D eigenvalue weighted by Crippen LogP contribution is 2.27. The van der Waals surface area contributed by atoms with Gasteiger partial charge < -0.3 is 4.90 Å². The van der Waals surface area contributed by atoms with Gasteiger partial charge in [0, 0.05) is 19.7 Å². The summed E-state index contributed by atoms with van der Waals surface area (Å²) in [7, 11) is 1.38. The van der Waals surface area contributed by atoms with Crippen LogP contribution in [0.25, 0.3) is 0 Å². The highest BCUT2D eigenvalue weighted by molar-refractivity contribution is 6.33. The molecule has 5 nitrogen and oxygen atoms in total. The van der Waals surface area contributed by atoms with Crippen LogP contribution in [-0.4, -0.2) is 29.7 Å². The lowest BCUT2D eigenvalue weighted by atomic mass is 10.3. The number of anilines is 1. The van der Waals surface area contributed by atoms with Crippen molar-refractivity contribution in [3.8, 4) is 0 Å². The number of alkyl halides is 3. The first-order valence-corrected chi connectivity index (χ1v) is 5.16. The SMILES string of the molecule is CN(CCC(F)(F)F)c1ncc([N+](=O)[O-])cc1Cl. The molecule has 100 valence electrons. The van der Waals surface area contributed by atoms with E-state index in [1.807, 2.05) is 0 Å². The Morgan fingerprint density at radius 2 is 2.17 bits per heavy atom. The van der Waals surface area contributed by atoms with E-state index in [1.165, 1.54) is 11.9 Å². The summed E-state index contributed by atoms with van der Waals surface area (Å²) in [5.41, 5.74) is -0.312. The molecule has 0 N–H and O–H groups in total. The lowest BCUT2D eigenvalue weighted by Gasteiger charge is -2.19. The molecule has 0 fully saturated rings. The third-order valence-corrected chi connectivity index (χ3v) is 2.39. The monoisotopic (exact) mass is 283 g/mol. The zero-order valence-corrected chi connectivity index (χ0v) is 9.99. The van der Waals surface area contributed by atoms with E-state index in [9.17, 15) is 23.3 Å². The van der Waals surface area contributed by atoms with Gasteiger partial charge in [-0.3, -0.25) is 10.1 Å². The van der Waals surface area contributed by atoms with Crippen molar-refractivity contribution in [2.45, 2.75) is 12.6 Å². The number of rotatable bonds is 4. The maximum absolute atomic E-state index is 12.0. The minimum absolute atomic E-state index is 0.0612. The number of hydrogen-bond donors (Lipinski definition) is 0. The Morgan fingerprint density at radius 1 is 1.56 bits per heavy atom. The highest BCUT2D eigenvalue weighted by Gasteiger charge is 2.27. The molecule has 9 heteroatoms. The van der Waals surface area contributed by atoms with Crippen LogP contribution in [0, 0.1) is 10.1 Å². The molecule has 1 aromatic heterocycles. The number of hydrogen-bond acceptors (Lipinski definition) is 4. The summed E-state index contributed by atoms with van der Waals surface area (Å²) in [6.45, 7) is -0.325. The summed E-state index contributed by atoms with van der Waals surface area (Å²) in [4.78, 5) is 14.6. The van der Waals surface area contributed by atoms with Crippen molar-refractivity contribution in [1.82, 2.24) is 4.98 Å². The molecule has 0 aliphatic heterocycles. The molecule has 0 spiro atoms. The van der Waals surface area contributed by atoms with E-state index in [0.29, 0.717) is 0 Å². The van der Waals surface area contributed by atoms with Crippen LogP contribution in [0.5, 0.6) is 0 Å². The van der Waals surface area contributed by atoms with Crippen LogP contribution in [0.3, 0.4) is 0 Å². The van der Waals surface area contributed by atoms with E-state index < -0.39 is 17.5 Å². The summed E-state index contributed by atoms with van der Waals surface area (Å²) in [5, 5.41) is 10.4. The van der Waals surface area contributed by atoms with Crippen molar-refractivity contribution in [3.05, 3.63) is 27.4 Å². The number of pyridine rings is 1. The fraction of sp³-hybridized carbons (Fsp3) is 0.444. The fourth-order valence-electron chi connectivity index (χ4n) is 1.20. The van der Waals surface area contributed by atoms with Gasteiger partial charge in [-0.05, 0) is 0 Å². The predicted molar refractivity (Wildman–Crippen MR) is 59.8 cm³/mol. The molecular formula is C9H9ClF3N3O2. The van der Waals surface area contributed by atoms with Gasteiger partial charge in [0.1, 0.15) is 12.0 Å². The molecule has 0 amide bonds. The quantitative estimate of drug-likeness (QED) is 0.629. The number of halogens is 4. The summed E-state index contributed by atoms with van der Waals surface area (Å²) >= 11 is 5.73. The second kappa shape index (κ2) is 5.38. The van der Waals surface area contributed by atoms with Gasteiger partial charge in [0.15, 0.2) is 0 Å². The van der Waals surface area contributed by atoms with E-state index in [2.05, 4.69) is 4.98 Å². The van der Waals surface area contributed by atoms with Gasteiger partial charge in [-0.25, -0.2) is 4.98 Å². The molecule has 0 saturated carbocycles. The van der Waals surface area contributed by atoms with E-state index >= 15 is 0 Å². The molecule has 1 aromatic rings. The van der Waals surface area contributed by atoms with Gasteiger partial charge in [-0.15, -0.1) is 0 Å². The molecule has 0 radical (unpaired) electrons. The van der Waals surface area contributed by atoms with Crippen LogP contribution >= 0.6 is 11.6 Å². The molecule has 0 aromatic carbocycles. The van der Waals surface area contributed by atoms with Crippen molar-refractivity contribution >= 4 is 23.1 Å². The number of nitro groups is 1. The number of aromatic nitrogens is 1. The van der Waals surface area contributed by atoms with Crippen LogP contribution < -0.4 is 4.90 Å². The topological polar surface area (TPSA) is 59.3 Å². The summed E-state index contributed by atoms with van der Waals surface area (Å²) in [6, 6.07) is 1.05. The Morgan fingerprint density at radius 3 is 2.61 bits per heavy atom. The van der Waals surface area contributed by atoms with Crippen molar-refractivity contribution in [3.63, 3.8) is 0 Å². The van der Waals surface area contributed by atoms with E-state index in [-0.39, 0.29) is 23.1 Å². The molecule has 0 unspecified atom stereocenters. The average molecular weight is 284 g/mol. The van der Waals surface area contributed by atoms with Gasteiger partial charge in [0.2, 0.25) is 0 Å². The molecular weight excluding hydrogens is 275 g/mol. The fourth-order valence-corrected chi connectivity index (χ4v) is 1.51. The van der Waals surface area contributed by atoms with E-state index in [1.54, 1.807) is 0 Å². The second-order valence-electron chi connectivity index (χ2n) is 3.54. The zero-order valence-electron chi connectivity index (χ0n) is 9.24. The Hall–Kier alpha value is -1.57. The Labute approximate surface area is 105 Å². The summed E-state index contributed by atoms with van der Waals surface area (Å²) < 4.78 is 36.1. The molecule has 1 rings (SSSR count). The first kappa shape index (κ1) is 14.5. The Bertz CT molecular complexity index is 453. The molecule has 0 atom stereocenters. The van der Waals surface area contributed by atoms with Crippen LogP contribution in [-0.2, 0) is 0 Å². The lowest BCUT2D eigenvalue weighted by molar-refractivity contribution is -0.385. The third-order valence-electron chi connectivity index (χ3n) is 2.11. The highest BCUT2D eigenvalue weighted by atomic mass is 35.5. The third kappa shape index (κ3) is 4.02. The normalized spacial score (nSPS) is 11.4. The summed E-state index contributed by atoms with van der Waals surface area (Å²) in [5.74, 6) is 0.0755. The molecule has 1 heterocycles. The minimum atomic E-state index is -4.28. The van der Waals surface area contributed by atoms with Crippen molar-refractivity contribution in [1.29, 1.82) is 0 Å². The van der Waals surface area contributed by atoms with E-state index in [4.69, 9.17) is 11.6 Å². The molecule has 0 aliphatic rings. The van der Waals surface area contributed by atoms with Crippen molar-refractivity contribution < 1.29 is 18.1 Å². The van der Waals surface area contributed by atoms with Crippen LogP contribution in [0.2, 0.25) is 5.02 Å². The first-order valence-electron chi connectivity index (χ1n) is 4.78. The molecule has 0 bridgehead atoms. The van der Waals surface area contributed by atoms with Crippen LogP contribution in [0.15, 0.2) is 12.3 Å². The van der Waals surface area contributed by atoms with Gasteiger partial charge in [0.05, 0.1) is 16.4 Å².